The number of nitro benzene ring substituents is 1. The summed E-state index contributed by atoms with van der Waals surface area (Å²) >= 11 is 0. The highest BCUT2D eigenvalue weighted by Crippen LogP contribution is 2.37. The Morgan fingerprint density at radius 3 is 2.57 bits per heavy atom. The van der Waals surface area contributed by atoms with E-state index in [4.69, 9.17) is 11.3 Å². The maximum absolute atomic E-state index is 11.3. The molecule has 2 fully saturated rings. The van der Waals surface area contributed by atoms with Gasteiger partial charge in [0.15, 0.2) is 5.69 Å². The Morgan fingerprint density at radius 1 is 1.32 bits per heavy atom. The third kappa shape index (κ3) is 4.62. The van der Waals surface area contributed by atoms with Gasteiger partial charge >= 0.3 is 0 Å². The molecule has 1 saturated heterocycles. The predicted molar refractivity (Wildman–Crippen MR) is 110 cm³/mol. The zero-order valence-corrected chi connectivity index (χ0v) is 16.8. The third-order valence-corrected chi connectivity index (χ3v) is 6.34. The molecule has 0 unspecified atom stereocenters. The molecule has 1 aliphatic heterocycles. The monoisotopic (exact) mass is 386 g/mol. The number of piperidine rings is 1. The average Bonchev–Trinajstić information content (AvgIpc) is 2.70. The van der Waals surface area contributed by atoms with Crippen LogP contribution in [-0.4, -0.2) is 47.2 Å². The van der Waals surface area contributed by atoms with Crippen LogP contribution in [0.5, 0.6) is 0 Å². The van der Waals surface area contributed by atoms with Gasteiger partial charge in [0.2, 0.25) is 0 Å². The van der Waals surface area contributed by atoms with E-state index in [0.29, 0.717) is 17.5 Å². The van der Waals surface area contributed by atoms with E-state index >= 15 is 0 Å². The van der Waals surface area contributed by atoms with Crippen LogP contribution in [0, 0.1) is 16.7 Å². The fourth-order valence-electron chi connectivity index (χ4n) is 4.58. The Bertz CT molecular complexity index is 730. The van der Waals surface area contributed by atoms with Crippen molar-refractivity contribution in [2.24, 2.45) is 0 Å². The summed E-state index contributed by atoms with van der Waals surface area (Å²) in [6.07, 6.45) is 6.87. The Morgan fingerprint density at radius 2 is 2.00 bits per heavy atom. The Hall–Kier alpha value is -2.17. The molecular formula is C21H30N4O3. The number of benzene rings is 1. The zero-order chi connectivity index (χ0) is 20.1. The number of nitrogens with zero attached hydrogens (tertiary/aromatic N) is 3. The first kappa shape index (κ1) is 20.6. The molecule has 2 aliphatic rings. The first-order valence-electron chi connectivity index (χ1n) is 10.2. The van der Waals surface area contributed by atoms with E-state index in [1.807, 2.05) is 0 Å². The van der Waals surface area contributed by atoms with Crippen LogP contribution in [0.15, 0.2) is 18.2 Å². The fraction of sp³-hybridized carbons (Fsp3) is 0.667. The second-order valence-corrected chi connectivity index (χ2v) is 8.13. The number of nitro groups is 1. The van der Waals surface area contributed by atoms with Gasteiger partial charge in [0.25, 0.3) is 5.69 Å². The van der Waals surface area contributed by atoms with E-state index in [-0.39, 0.29) is 22.2 Å². The highest BCUT2D eigenvalue weighted by atomic mass is 16.6. The van der Waals surface area contributed by atoms with Crippen LogP contribution >= 0.6 is 0 Å². The molecule has 0 spiro atoms. The maximum atomic E-state index is 11.3. The lowest BCUT2D eigenvalue weighted by atomic mass is 9.79. The molecule has 1 saturated carbocycles. The SMILES string of the molecule is [C-]#[N+]c1ccc([N+](=O)[O-])c(NC2CCN(C3(C)CCC(OCC)CC3)CC2)c1. The van der Waals surface area contributed by atoms with Crippen LogP contribution in [0.4, 0.5) is 17.1 Å². The molecule has 0 atom stereocenters. The number of rotatable bonds is 6. The van der Waals surface area contributed by atoms with Gasteiger partial charge in [-0.3, -0.25) is 15.0 Å². The predicted octanol–water partition coefficient (Wildman–Crippen LogP) is 4.76. The first-order chi connectivity index (χ1) is 13.4. The molecule has 0 radical (unpaired) electrons. The van der Waals surface area contributed by atoms with E-state index < -0.39 is 0 Å². The van der Waals surface area contributed by atoms with Gasteiger partial charge in [-0.05, 0) is 64.5 Å². The molecule has 1 heterocycles. The summed E-state index contributed by atoms with van der Waals surface area (Å²) in [5.41, 5.74) is 1.15. The lowest BCUT2D eigenvalue weighted by Crippen LogP contribution is -2.53. The summed E-state index contributed by atoms with van der Waals surface area (Å²) in [6, 6.07) is 4.70. The number of hydrogen-bond acceptors (Lipinski definition) is 5. The van der Waals surface area contributed by atoms with Gasteiger partial charge in [-0.2, -0.15) is 0 Å². The number of likely N-dealkylation sites (tertiary alicyclic amines) is 1. The third-order valence-electron chi connectivity index (χ3n) is 6.34. The Labute approximate surface area is 167 Å². The molecule has 7 heteroatoms. The molecule has 0 bridgehead atoms. The molecule has 7 nitrogen and oxygen atoms in total. The van der Waals surface area contributed by atoms with Crippen molar-refractivity contribution in [1.82, 2.24) is 4.90 Å². The smallest absolute Gasteiger partial charge is 0.289 e. The second-order valence-electron chi connectivity index (χ2n) is 8.13. The minimum atomic E-state index is -0.386. The van der Waals surface area contributed by atoms with Crippen molar-refractivity contribution in [3.8, 4) is 0 Å². The Kier molecular flexibility index (Phi) is 6.53. The lowest BCUT2D eigenvalue weighted by Gasteiger charge is -2.48. The Balaban J connectivity index is 1.58. The summed E-state index contributed by atoms with van der Waals surface area (Å²) in [5, 5.41) is 14.6. The molecule has 152 valence electrons. The summed E-state index contributed by atoms with van der Waals surface area (Å²) in [5.74, 6) is 0. The highest BCUT2D eigenvalue weighted by Gasteiger charge is 2.38. The van der Waals surface area contributed by atoms with Crippen molar-refractivity contribution in [2.75, 3.05) is 25.0 Å². The van der Waals surface area contributed by atoms with Crippen LogP contribution in [0.25, 0.3) is 4.85 Å². The standard InChI is InChI=1S/C21H30N4O3/c1-4-28-18-7-11-21(2,12-8-18)24-13-9-16(10-14-24)23-19-15-17(22-3)5-6-20(19)25(26)27/h5-6,15-16,18,23H,4,7-14H2,1-2H3. The minimum absolute atomic E-state index is 0.0380. The largest absolute Gasteiger partial charge is 0.379 e. The van der Waals surface area contributed by atoms with Gasteiger partial charge < -0.3 is 10.1 Å². The minimum Gasteiger partial charge on any atom is -0.379 e. The number of ether oxygens (including phenoxy) is 1. The normalized spacial score (nSPS) is 26.5. The molecule has 1 aromatic rings. The summed E-state index contributed by atoms with van der Waals surface area (Å²) in [4.78, 5) is 16.9. The number of nitrogens with one attached hydrogen (secondary N) is 1. The summed E-state index contributed by atoms with van der Waals surface area (Å²) < 4.78 is 5.79. The molecule has 1 N–H and O–H groups in total. The molecule has 1 aromatic carbocycles. The average molecular weight is 386 g/mol. The summed E-state index contributed by atoms with van der Waals surface area (Å²) in [6.45, 7) is 14.3. The van der Waals surface area contributed by atoms with Crippen molar-refractivity contribution in [2.45, 2.75) is 70.1 Å². The van der Waals surface area contributed by atoms with Crippen molar-refractivity contribution in [3.05, 3.63) is 39.7 Å². The van der Waals surface area contributed by atoms with E-state index in [1.54, 1.807) is 6.07 Å². The zero-order valence-electron chi connectivity index (χ0n) is 16.8. The topological polar surface area (TPSA) is 72.0 Å². The van der Waals surface area contributed by atoms with Crippen molar-refractivity contribution in [3.63, 3.8) is 0 Å². The second kappa shape index (κ2) is 8.89. The molecule has 3 rings (SSSR count). The number of anilines is 1. The van der Waals surface area contributed by atoms with Crippen molar-refractivity contribution < 1.29 is 9.66 Å². The molecular weight excluding hydrogens is 356 g/mol. The van der Waals surface area contributed by atoms with Gasteiger partial charge in [0, 0.05) is 37.3 Å². The van der Waals surface area contributed by atoms with E-state index in [2.05, 4.69) is 28.9 Å². The van der Waals surface area contributed by atoms with Crippen molar-refractivity contribution >= 4 is 17.1 Å². The van der Waals surface area contributed by atoms with E-state index in [1.165, 1.54) is 12.1 Å². The van der Waals surface area contributed by atoms with Gasteiger partial charge in [-0.25, -0.2) is 4.85 Å². The first-order valence-corrected chi connectivity index (χ1v) is 10.2. The van der Waals surface area contributed by atoms with Crippen LogP contribution in [0.2, 0.25) is 0 Å². The van der Waals surface area contributed by atoms with Gasteiger partial charge in [-0.1, -0.05) is 0 Å². The van der Waals surface area contributed by atoms with Crippen LogP contribution in [0.1, 0.15) is 52.4 Å². The van der Waals surface area contributed by atoms with Gasteiger partial charge in [0.05, 0.1) is 17.6 Å². The fourth-order valence-corrected chi connectivity index (χ4v) is 4.58. The summed E-state index contributed by atoms with van der Waals surface area (Å²) in [7, 11) is 0. The molecule has 28 heavy (non-hydrogen) atoms. The molecule has 0 amide bonds. The van der Waals surface area contributed by atoms with Gasteiger partial charge in [0.1, 0.15) is 5.69 Å². The van der Waals surface area contributed by atoms with Crippen LogP contribution in [0.3, 0.4) is 0 Å². The molecule has 1 aliphatic carbocycles. The quantitative estimate of drug-likeness (QED) is 0.433. The van der Waals surface area contributed by atoms with Crippen molar-refractivity contribution in [1.29, 1.82) is 0 Å². The van der Waals surface area contributed by atoms with Crippen LogP contribution in [-0.2, 0) is 4.74 Å². The van der Waals surface area contributed by atoms with Crippen LogP contribution < -0.4 is 5.32 Å². The number of hydrogen-bond donors (Lipinski definition) is 1. The lowest BCUT2D eigenvalue weighted by molar-refractivity contribution is -0.384. The van der Waals surface area contributed by atoms with E-state index in [9.17, 15) is 10.1 Å². The highest BCUT2D eigenvalue weighted by molar-refractivity contribution is 5.69. The van der Waals surface area contributed by atoms with Gasteiger partial charge in [-0.15, -0.1) is 0 Å². The maximum Gasteiger partial charge on any atom is 0.289 e. The molecule has 0 aromatic heterocycles. The van der Waals surface area contributed by atoms with E-state index in [0.717, 1.165) is 58.2 Å².